The van der Waals surface area contributed by atoms with Crippen molar-refractivity contribution in [2.75, 3.05) is 0 Å². The molecule has 27 heavy (non-hydrogen) atoms. The van der Waals surface area contributed by atoms with Gasteiger partial charge in [0, 0.05) is 11.8 Å². The second-order valence-electron chi connectivity index (χ2n) is 6.38. The molecule has 7 nitrogen and oxygen atoms in total. The van der Waals surface area contributed by atoms with E-state index in [1.54, 1.807) is 12.4 Å². The number of hydrogen-bond donors (Lipinski definition) is 0. The van der Waals surface area contributed by atoms with Crippen LogP contribution in [0.1, 0.15) is 17.1 Å². The smallest absolute Gasteiger partial charge is 0.171 e. The Morgan fingerprint density at radius 2 is 2.15 bits per heavy atom. The first-order valence-electron chi connectivity index (χ1n) is 8.49. The van der Waals surface area contributed by atoms with Gasteiger partial charge in [-0.05, 0) is 47.1 Å². The number of fused-ring (bicyclic) bond motifs is 5. The molecule has 0 atom stereocenters. The fourth-order valence-corrected chi connectivity index (χ4v) is 3.69. The van der Waals surface area contributed by atoms with Crippen LogP contribution < -0.4 is 4.74 Å². The maximum Gasteiger partial charge on any atom is 0.171 e. The first kappa shape index (κ1) is 16.2. The number of pyridine rings is 1. The number of benzene rings is 1. The zero-order chi connectivity index (χ0) is 18.4. The van der Waals surface area contributed by atoms with Gasteiger partial charge in [0.05, 0.1) is 24.1 Å². The van der Waals surface area contributed by atoms with Gasteiger partial charge in [-0.3, -0.25) is 9.55 Å². The van der Waals surface area contributed by atoms with Crippen molar-refractivity contribution in [3.63, 3.8) is 0 Å². The minimum Gasteiger partial charge on any atom is -0.484 e. The predicted molar refractivity (Wildman–Crippen MR) is 103 cm³/mol. The van der Waals surface area contributed by atoms with Gasteiger partial charge in [-0.2, -0.15) is 0 Å². The Morgan fingerprint density at radius 1 is 1.22 bits per heavy atom. The molecule has 1 aliphatic rings. The van der Waals surface area contributed by atoms with Crippen molar-refractivity contribution in [2.24, 2.45) is 0 Å². The van der Waals surface area contributed by atoms with E-state index in [-0.39, 0.29) is 0 Å². The van der Waals surface area contributed by atoms with Gasteiger partial charge in [-0.25, -0.2) is 4.98 Å². The quantitative estimate of drug-likeness (QED) is 0.444. The van der Waals surface area contributed by atoms with Crippen LogP contribution in [-0.4, -0.2) is 29.3 Å². The summed E-state index contributed by atoms with van der Waals surface area (Å²) in [5.74, 6) is 2.28. The lowest BCUT2D eigenvalue weighted by Crippen LogP contribution is -2.10. The second kappa shape index (κ2) is 6.31. The van der Waals surface area contributed by atoms with Gasteiger partial charge in [-0.1, -0.05) is 11.6 Å². The van der Waals surface area contributed by atoms with E-state index >= 15 is 0 Å². The highest BCUT2D eigenvalue weighted by atomic mass is 79.9. The minimum atomic E-state index is 0.311. The van der Waals surface area contributed by atoms with Crippen LogP contribution >= 0.6 is 15.9 Å². The highest BCUT2D eigenvalue weighted by molar-refractivity contribution is 9.10. The molecule has 8 heteroatoms. The highest BCUT2D eigenvalue weighted by Crippen LogP contribution is 2.34. The van der Waals surface area contributed by atoms with Crippen molar-refractivity contribution in [3.05, 3.63) is 70.7 Å². The summed E-state index contributed by atoms with van der Waals surface area (Å²) in [6.07, 6.45) is 5.23. The Morgan fingerprint density at radius 3 is 3.00 bits per heavy atom. The number of nitrogens with zero attached hydrogens (tertiary/aromatic N) is 6. The zero-order valence-corrected chi connectivity index (χ0v) is 16.1. The molecule has 4 heterocycles. The molecule has 0 unspecified atom stereocenters. The number of aryl methyl sites for hydroxylation is 1. The van der Waals surface area contributed by atoms with Crippen LogP contribution in [0.4, 0.5) is 0 Å². The van der Waals surface area contributed by atoms with Crippen LogP contribution in [0, 0.1) is 6.92 Å². The zero-order valence-electron chi connectivity index (χ0n) is 14.5. The first-order chi connectivity index (χ1) is 13.2. The molecule has 0 amide bonds. The molecule has 134 valence electrons. The van der Waals surface area contributed by atoms with Crippen molar-refractivity contribution >= 4 is 15.9 Å². The topological polar surface area (TPSA) is 70.7 Å². The summed E-state index contributed by atoms with van der Waals surface area (Å²) in [7, 11) is 0. The van der Waals surface area contributed by atoms with Gasteiger partial charge in [0.2, 0.25) is 0 Å². The number of rotatable bonds is 3. The van der Waals surface area contributed by atoms with E-state index in [1.165, 1.54) is 5.56 Å². The van der Waals surface area contributed by atoms with Crippen LogP contribution in [-0.2, 0) is 13.2 Å². The number of imidazole rings is 1. The van der Waals surface area contributed by atoms with Gasteiger partial charge in [0.1, 0.15) is 23.3 Å². The average molecular weight is 423 g/mol. The van der Waals surface area contributed by atoms with Crippen LogP contribution in [0.15, 0.2) is 53.7 Å². The maximum absolute atomic E-state index is 5.85. The molecule has 0 saturated heterocycles. The van der Waals surface area contributed by atoms with E-state index in [2.05, 4.69) is 70.4 Å². The summed E-state index contributed by atoms with van der Waals surface area (Å²) in [5.41, 5.74) is 4.28. The van der Waals surface area contributed by atoms with Crippen molar-refractivity contribution in [1.29, 1.82) is 0 Å². The second-order valence-corrected chi connectivity index (χ2v) is 7.13. The summed E-state index contributed by atoms with van der Waals surface area (Å²) in [4.78, 5) is 8.50. The Balaban J connectivity index is 1.61. The molecule has 4 aromatic rings. The molecule has 1 aliphatic heterocycles. The summed E-state index contributed by atoms with van der Waals surface area (Å²) in [6.45, 7) is 2.98. The fourth-order valence-electron chi connectivity index (χ4n) is 3.28. The largest absolute Gasteiger partial charge is 0.484 e. The van der Waals surface area contributed by atoms with Crippen molar-refractivity contribution < 1.29 is 4.74 Å². The standard InChI is InChI=1S/C19H15BrN6O/c1-12-4-5-15-14(7-12)19-24-23-17(10-27-13-3-2-6-21-8-13)25(19)9-16-18(20)22-11-26(15)16/h2-8,11H,9-10H2,1H3. The van der Waals surface area contributed by atoms with Crippen LogP contribution in [0.25, 0.3) is 17.1 Å². The lowest BCUT2D eigenvalue weighted by molar-refractivity contribution is 0.289. The van der Waals surface area contributed by atoms with Gasteiger partial charge >= 0.3 is 0 Å². The number of ether oxygens (including phenoxy) is 1. The maximum atomic E-state index is 5.85. The molecular formula is C19H15BrN6O. The fraction of sp³-hybridized carbons (Fsp3) is 0.158. The van der Waals surface area contributed by atoms with E-state index in [4.69, 9.17) is 4.74 Å². The molecule has 1 aromatic carbocycles. The van der Waals surface area contributed by atoms with Gasteiger partial charge in [0.25, 0.3) is 0 Å². The number of aromatic nitrogens is 6. The van der Waals surface area contributed by atoms with E-state index in [0.717, 1.165) is 33.2 Å². The van der Waals surface area contributed by atoms with Crippen LogP contribution in [0.5, 0.6) is 5.75 Å². The summed E-state index contributed by atoms with van der Waals surface area (Å²) in [5, 5.41) is 8.86. The summed E-state index contributed by atoms with van der Waals surface area (Å²) in [6, 6.07) is 10.0. The third-order valence-corrected chi connectivity index (χ3v) is 5.27. The SMILES string of the molecule is Cc1ccc2c(c1)-c1nnc(COc3cccnc3)n1Cc1c(Br)ncn1-2. The molecular weight excluding hydrogens is 408 g/mol. The minimum absolute atomic E-state index is 0.311. The Kier molecular flexibility index (Phi) is 3.78. The van der Waals surface area contributed by atoms with Gasteiger partial charge in [-0.15, -0.1) is 10.2 Å². The molecule has 0 radical (unpaired) electrons. The Labute approximate surface area is 163 Å². The lowest BCUT2D eigenvalue weighted by atomic mass is 10.1. The van der Waals surface area contributed by atoms with Crippen molar-refractivity contribution in [2.45, 2.75) is 20.1 Å². The summed E-state index contributed by atoms with van der Waals surface area (Å²) >= 11 is 3.57. The molecule has 0 fully saturated rings. The summed E-state index contributed by atoms with van der Waals surface area (Å²) < 4.78 is 10.8. The third kappa shape index (κ3) is 2.73. The highest BCUT2D eigenvalue weighted by Gasteiger charge is 2.25. The molecule has 0 aliphatic carbocycles. The normalized spacial score (nSPS) is 12.1. The Bertz CT molecular complexity index is 1130. The monoisotopic (exact) mass is 422 g/mol. The molecule has 0 bridgehead atoms. The van der Waals surface area contributed by atoms with Crippen LogP contribution in [0.3, 0.4) is 0 Å². The first-order valence-corrected chi connectivity index (χ1v) is 9.28. The predicted octanol–water partition coefficient (Wildman–Crippen LogP) is 3.54. The van der Waals surface area contributed by atoms with Gasteiger partial charge < -0.3 is 9.30 Å². The third-order valence-electron chi connectivity index (χ3n) is 4.61. The van der Waals surface area contributed by atoms with E-state index < -0.39 is 0 Å². The average Bonchev–Trinajstić information content (AvgIpc) is 3.22. The molecule has 0 saturated carbocycles. The van der Waals surface area contributed by atoms with E-state index in [1.807, 2.05) is 18.5 Å². The Hall–Kier alpha value is -3.00. The van der Waals surface area contributed by atoms with Crippen molar-refractivity contribution in [1.82, 2.24) is 29.3 Å². The van der Waals surface area contributed by atoms with E-state index in [9.17, 15) is 0 Å². The molecule has 0 spiro atoms. The molecule has 5 rings (SSSR count). The number of hydrogen-bond acceptors (Lipinski definition) is 5. The van der Waals surface area contributed by atoms with Crippen LogP contribution in [0.2, 0.25) is 0 Å². The number of halogens is 1. The van der Waals surface area contributed by atoms with Gasteiger partial charge in [0.15, 0.2) is 11.6 Å². The van der Waals surface area contributed by atoms with Crippen molar-refractivity contribution in [3.8, 4) is 22.8 Å². The molecule has 0 N–H and O–H groups in total. The van der Waals surface area contributed by atoms with E-state index in [0.29, 0.717) is 18.9 Å². The molecule has 3 aromatic heterocycles. The lowest BCUT2D eigenvalue weighted by Gasteiger charge is -2.09.